The van der Waals surface area contributed by atoms with E-state index in [-0.39, 0.29) is 23.8 Å². The first-order valence-corrected chi connectivity index (χ1v) is 11.3. The van der Waals surface area contributed by atoms with Crippen LogP contribution < -0.4 is 10.1 Å². The molecule has 33 heavy (non-hydrogen) atoms. The summed E-state index contributed by atoms with van der Waals surface area (Å²) in [6.45, 7) is 2.03. The SMILES string of the molecule is O=C(NC(Cn1cncn1)c1ccccc1)C1CCN(C(=O)CCOc2ccccc2)CC1. The number of para-hydroxylation sites is 1. The molecule has 172 valence electrons. The molecule has 1 aliphatic rings. The lowest BCUT2D eigenvalue weighted by Crippen LogP contribution is -2.44. The van der Waals surface area contributed by atoms with Crippen LogP contribution in [0.2, 0.25) is 0 Å². The zero-order chi connectivity index (χ0) is 22.9. The number of likely N-dealkylation sites (tertiary alicyclic amines) is 1. The Morgan fingerprint density at radius 1 is 1.03 bits per heavy atom. The van der Waals surface area contributed by atoms with Gasteiger partial charge in [0.1, 0.15) is 18.4 Å². The van der Waals surface area contributed by atoms with E-state index in [1.807, 2.05) is 65.6 Å². The molecule has 1 atom stereocenters. The summed E-state index contributed by atoms with van der Waals surface area (Å²) in [6.07, 6.45) is 4.78. The fraction of sp³-hybridized carbons (Fsp3) is 0.360. The number of carbonyl (C=O) groups excluding carboxylic acids is 2. The van der Waals surface area contributed by atoms with Crippen molar-refractivity contribution >= 4 is 11.8 Å². The van der Waals surface area contributed by atoms with Crippen molar-refractivity contribution in [2.75, 3.05) is 19.7 Å². The molecule has 3 aromatic rings. The molecule has 8 nitrogen and oxygen atoms in total. The second-order valence-electron chi connectivity index (χ2n) is 8.16. The highest BCUT2D eigenvalue weighted by Crippen LogP contribution is 2.21. The van der Waals surface area contributed by atoms with Gasteiger partial charge < -0.3 is 15.0 Å². The van der Waals surface area contributed by atoms with Crippen molar-refractivity contribution in [2.24, 2.45) is 5.92 Å². The van der Waals surface area contributed by atoms with E-state index in [4.69, 9.17) is 4.74 Å². The Kier molecular flexibility index (Phi) is 7.68. The Hall–Kier alpha value is -3.68. The van der Waals surface area contributed by atoms with E-state index in [1.165, 1.54) is 6.33 Å². The fourth-order valence-electron chi connectivity index (χ4n) is 4.05. The number of ether oxygens (including phenoxy) is 1. The predicted molar refractivity (Wildman–Crippen MR) is 123 cm³/mol. The first-order chi connectivity index (χ1) is 16.2. The number of piperidine rings is 1. The molecule has 0 radical (unpaired) electrons. The minimum atomic E-state index is -0.199. The Balaban J connectivity index is 1.25. The maximum Gasteiger partial charge on any atom is 0.225 e. The zero-order valence-electron chi connectivity index (χ0n) is 18.5. The number of hydrogen-bond donors (Lipinski definition) is 1. The number of carbonyl (C=O) groups is 2. The number of hydrogen-bond acceptors (Lipinski definition) is 5. The number of rotatable bonds is 9. The Morgan fingerprint density at radius 3 is 2.39 bits per heavy atom. The van der Waals surface area contributed by atoms with Crippen LogP contribution in [-0.2, 0) is 16.1 Å². The number of nitrogens with zero attached hydrogens (tertiary/aromatic N) is 4. The number of benzene rings is 2. The summed E-state index contributed by atoms with van der Waals surface area (Å²) >= 11 is 0. The molecule has 1 unspecified atom stereocenters. The summed E-state index contributed by atoms with van der Waals surface area (Å²) in [5.74, 6) is 0.734. The first kappa shape index (κ1) is 22.5. The molecule has 1 aromatic heterocycles. The number of nitrogens with one attached hydrogen (secondary N) is 1. The highest BCUT2D eigenvalue weighted by molar-refractivity contribution is 5.80. The third kappa shape index (κ3) is 6.41. The van der Waals surface area contributed by atoms with Gasteiger partial charge in [0.25, 0.3) is 0 Å². The topological polar surface area (TPSA) is 89.4 Å². The molecule has 2 amide bonds. The first-order valence-electron chi connectivity index (χ1n) is 11.3. The summed E-state index contributed by atoms with van der Waals surface area (Å²) in [5, 5.41) is 7.36. The quantitative estimate of drug-likeness (QED) is 0.545. The third-order valence-corrected chi connectivity index (χ3v) is 5.90. The number of aromatic nitrogens is 3. The Bertz CT molecular complexity index is 1000. The van der Waals surface area contributed by atoms with Gasteiger partial charge in [-0.1, -0.05) is 48.5 Å². The van der Waals surface area contributed by atoms with E-state index in [0.29, 0.717) is 45.5 Å². The minimum absolute atomic E-state index is 0.0171. The third-order valence-electron chi connectivity index (χ3n) is 5.90. The molecular formula is C25H29N5O3. The van der Waals surface area contributed by atoms with Gasteiger partial charge >= 0.3 is 0 Å². The van der Waals surface area contributed by atoms with Crippen molar-refractivity contribution in [1.82, 2.24) is 25.0 Å². The molecule has 2 heterocycles. The van der Waals surface area contributed by atoms with Crippen LogP contribution in [0.1, 0.15) is 30.9 Å². The maximum atomic E-state index is 13.0. The van der Waals surface area contributed by atoms with Crippen LogP contribution in [0.3, 0.4) is 0 Å². The summed E-state index contributed by atoms with van der Waals surface area (Å²) in [4.78, 5) is 31.4. The largest absolute Gasteiger partial charge is 0.493 e. The lowest BCUT2D eigenvalue weighted by atomic mass is 9.94. The zero-order valence-corrected chi connectivity index (χ0v) is 18.5. The predicted octanol–water partition coefficient (Wildman–Crippen LogP) is 2.84. The molecule has 1 aliphatic heterocycles. The van der Waals surface area contributed by atoms with Gasteiger partial charge in [-0.2, -0.15) is 5.10 Å². The molecule has 1 fully saturated rings. The smallest absolute Gasteiger partial charge is 0.225 e. The summed E-state index contributed by atoms with van der Waals surface area (Å²) < 4.78 is 7.35. The summed E-state index contributed by atoms with van der Waals surface area (Å²) in [6, 6.07) is 19.2. The summed E-state index contributed by atoms with van der Waals surface area (Å²) in [5.41, 5.74) is 1.02. The average molecular weight is 448 g/mol. The standard InChI is InChI=1S/C25H29N5O3/c31-24(13-16-33-22-9-5-2-6-10-22)29-14-11-21(12-15-29)25(32)28-23(17-30-19-26-18-27-30)20-7-3-1-4-8-20/h1-10,18-19,21,23H,11-17H2,(H,28,32). The highest BCUT2D eigenvalue weighted by Gasteiger charge is 2.29. The van der Waals surface area contributed by atoms with Crippen molar-refractivity contribution in [3.63, 3.8) is 0 Å². The van der Waals surface area contributed by atoms with Gasteiger partial charge in [-0.15, -0.1) is 0 Å². The van der Waals surface area contributed by atoms with E-state index in [2.05, 4.69) is 15.4 Å². The normalized spacial score (nSPS) is 15.1. The van der Waals surface area contributed by atoms with Gasteiger partial charge in [-0.25, -0.2) is 4.98 Å². The Labute approximate surface area is 193 Å². The lowest BCUT2D eigenvalue weighted by Gasteiger charge is -2.32. The molecule has 1 N–H and O–H groups in total. The molecule has 4 rings (SSSR count). The van der Waals surface area contributed by atoms with Crippen molar-refractivity contribution in [2.45, 2.75) is 31.8 Å². The van der Waals surface area contributed by atoms with Crippen LogP contribution in [0.5, 0.6) is 5.75 Å². The molecule has 1 saturated heterocycles. The Morgan fingerprint density at radius 2 is 1.73 bits per heavy atom. The van der Waals surface area contributed by atoms with Crippen LogP contribution in [0.4, 0.5) is 0 Å². The van der Waals surface area contributed by atoms with Gasteiger partial charge in [0.2, 0.25) is 11.8 Å². The van der Waals surface area contributed by atoms with Crippen LogP contribution in [0, 0.1) is 5.92 Å². The molecule has 8 heteroatoms. The van der Waals surface area contributed by atoms with Crippen molar-refractivity contribution in [3.8, 4) is 5.75 Å². The van der Waals surface area contributed by atoms with Gasteiger partial charge in [-0.05, 0) is 30.5 Å². The molecule has 0 aliphatic carbocycles. The van der Waals surface area contributed by atoms with E-state index in [1.54, 1.807) is 11.0 Å². The number of amides is 2. The van der Waals surface area contributed by atoms with Gasteiger partial charge in [0, 0.05) is 19.0 Å². The monoisotopic (exact) mass is 447 g/mol. The van der Waals surface area contributed by atoms with E-state index in [9.17, 15) is 9.59 Å². The molecule has 2 aromatic carbocycles. The lowest BCUT2D eigenvalue weighted by molar-refractivity contribution is -0.136. The molecular weight excluding hydrogens is 418 g/mol. The van der Waals surface area contributed by atoms with Crippen LogP contribution in [-0.4, -0.2) is 51.2 Å². The maximum absolute atomic E-state index is 13.0. The van der Waals surface area contributed by atoms with E-state index >= 15 is 0 Å². The summed E-state index contributed by atoms with van der Waals surface area (Å²) in [7, 11) is 0. The second kappa shape index (κ2) is 11.3. The van der Waals surface area contributed by atoms with Gasteiger partial charge in [0.15, 0.2) is 0 Å². The highest BCUT2D eigenvalue weighted by atomic mass is 16.5. The molecule has 0 saturated carbocycles. The van der Waals surface area contributed by atoms with E-state index < -0.39 is 0 Å². The molecule has 0 bridgehead atoms. The minimum Gasteiger partial charge on any atom is -0.493 e. The van der Waals surface area contributed by atoms with Crippen molar-refractivity contribution in [1.29, 1.82) is 0 Å². The van der Waals surface area contributed by atoms with Gasteiger partial charge in [-0.3, -0.25) is 14.3 Å². The van der Waals surface area contributed by atoms with Crippen LogP contribution in [0.25, 0.3) is 0 Å². The van der Waals surface area contributed by atoms with Crippen LogP contribution in [0.15, 0.2) is 73.3 Å². The second-order valence-corrected chi connectivity index (χ2v) is 8.16. The average Bonchev–Trinajstić information content (AvgIpc) is 3.38. The van der Waals surface area contributed by atoms with Crippen molar-refractivity contribution in [3.05, 3.63) is 78.9 Å². The van der Waals surface area contributed by atoms with Crippen LogP contribution >= 0.6 is 0 Å². The van der Waals surface area contributed by atoms with Gasteiger partial charge in [0.05, 0.1) is 25.6 Å². The molecule has 0 spiro atoms. The van der Waals surface area contributed by atoms with Crippen molar-refractivity contribution < 1.29 is 14.3 Å². The fourth-order valence-corrected chi connectivity index (χ4v) is 4.05. The van der Waals surface area contributed by atoms with E-state index in [0.717, 1.165) is 11.3 Å².